The van der Waals surface area contributed by atoms with Gasteiger partial charge in [0.15, 0.2) is 5.13 Å². The molecule has 2 aromatic rings. The minimum atomic E-state index is -0.394. The molecule has 0 radical (unpaired) electrons. The SMILES string of the molecule is COC(=O)c1cnc(Nc2ccc(I)cc2Cl)s1. The third-order valence-corrected chi connectivity index (χ3v) is 3.94. The number of nitrogens with one attached hydrogen (secondary N) is 1. The molecule has 1 heterocycles. The van der Waals surface area contributed by atoms with Gasteiger partial charge < -0.3 is 10.1 Å². The number of rotatable bonds is 3. The van der Waals surface area contributed by atoms with Crippen molar-refractivity contribution in [2.24, 2.45) is 0 Å². The van der Waals surface area contributed by atoms with Gasteiger partial charge in [-0.1, -0.05) is 22.9 Å². The summed E-state index contributed by atoms with van der Waals surface area (Å²) >= 11 is 9.49. The lowest BCUT2D eigenvalue weighted by Gasteiger charge is -2.05. The van der Waals surface area contributed by atoms with Crippen molar-refractivity contribution in [3.8, 4) is 0 Å². The Morgan fingerprint density at radius 1 is 1.56 bits per heavy atom. The maximum atomic E-state index is 11.3. The van der Waals surface area contributed by atoms with E-state index < -0.39 is 5.97 Å². The van der Waals surface area contributed by atoms with Gasteiger partial charge in [0, 0.05) is 3.57 Å². The summed E-state index contributed by atoms with van der Waals surface area (Å²) in [6.07, 6.45) is 1.47. The predicted octanol–water partition coefficient (Wildman–Crippen LogP) is 3.93. The smallest absolute Gasteiger partial charge is 0.349 e. The average molecular weight is 395 g/mol. The first-order valence-electron chi connectivity index (χ1n) is 4.86. The van der Waals surface area contributed by atoms with E-state index in [0.29, 0.717) is 15.0 Å². The van der Waals surface area contributed by atoms with Gasteiger partial charge in [-0.2, -0.15) is 0 Å². The molecule has 7 heteroatoms. The number of hydrogen-bond acceptors (Lipinski definition) is 5. The van der Waals surface area contributed by atoms with Gasteiger partial charge in [-0.15, -0.1) is 0 Å². The molecule has 0 amide bonds. The van der Waals surface area contributed by atoms with Crippen molar-refractivity contribution in [1.29, 1.82) is 0 Å². The van der Waals surface area contributed by atoms with Crippen LogP contribution in [-0.4, -0.2) is 18.1 Å². The molecule has 0 unspecified atom stereocenters. The molecule has 0 atom stereocenters. The van der Waals surface area contributed by atoms with Gasteiger partial charge in [-0.05, 0) is 40.8 Å². The van der Waals surface area contributed by atoms with Crippen LogP contribution in [0.3, 0.4) is 0 Å². The van der Waals surface area contributed by atoms with E-state index in [1.54, 1.807) is 0 Å². The van der Waals surface area contributed by atoms with E-state index in [1.807, 2.05) is 18.2 Å². The summed E-state index contributed by atoms with van der Waals surface area (Å²) in [5.41, 5.74) is 0.753. The molecule has 18 heavy (non-hydrogen) atoms. The van der Waals surface area contributed by atoms with Crippen LogP contribution in [0.5, 0.6) is 0 Å². The predicted molar refractivity (Wildman–Crippen MR) is 80.9 cm³/mol. The number of benzene rings is 1. The van der Waals surface area contributed by atoms with E-state index in [1.165, 1.54) is 24.6 Å². The highest BCUT2D eigenvalue weighted by Crippen LogP contribution is 2.29. The number of esters is 1. The Balaban J connectivity index is 2.18. The Labute approximate surface area is 126 Å². The Morgan fingerprint density at radius 3 is 3.00 bits per heavy atom. The first-order chi connectivity index (χ1) is 8.60. The van der Waals surface area contributed by atoms with Gasteiger partial charge in [0.25, 0.3) is 0 Å². The zero-order valence-corrected chi connectivity index (χ0v) is 13.0. The van der Waals surface area contributed by atoms with E-state index in [-0.39, 0.29) is 0 Å². The van der Waals surface area contributed by atoms with Gasteiger partial charge in [-0.3, -0.25) is 0 Å². The lowest BCUT2D eigenvalue weighted by Crippen LogP contribution is -1.96. The zero-order chi connectivity index (χ0) is 13.1. The molecule has 0 spiro atoms. The fourth-order valence-corrected chi connectivity index (χ4v) is 2.88. The minimum absolute atomic E-state index is 0.394. The number of ether oxygens (including phenoxy) is 1. The summed E-state index contributed by atoms with van der Waals surface area (Å²) in [4.78, 5) is 15.8. The highest BCUT2D eigenvalue weighted by molar-refractivity contribution is 14.1. The standard InChI is InChI=1S/C11H8ClIN2O2S/c1-17-10(16)9-5-14-11(18-9)15-8-3-2-6(13)4-7(8)12/h2-5H,1H3,(H,14,15). The maximum Gasteiger partial charge on any atom is 0.349 e. The summed E-state index contributed by atoms with van der Waals surface area (Å²) in [6, 6.07) is 5.65. The van der Waals surface area contributed by atoms with Crippen LogP contribution in [0.4, 0.5) is 10.8 Å². The van der Waals surface area contributed by atoms with Crippen molar-refractivity contribution in [2.75, 3.05) is 12.4 Å². The number of carbonyl (C=O) groups excluding carboxylic acids is 1. The monoisotopic (exact) mass is 394 g/mol. The number of halogens is 2. The molecule has 0 saturated heterocycles. The number of thiazole rings is 1. The van der Waals surface area contributed by atoms with Crippen LogP contribution in [0.15, 0.2) is 24.4 Å². The lowest BCUT2D eigenvalue weighted by atomic mass is 10.3. The van der Waals surface area contributed by atoms with Gasteiger partial charge in [0.2, 0.25) is 0 Å². The fraction of sp³-hybridized carbons (Fsp3) is 0.0909. The van der Waals surface area contributed by atoms with Crippen LogP contribution in [0.25, 0.3) is 0 Å². The highest BCUT2D eigenvalue weighted by Gasteiger charge is 2.11. The molecule has 1 N–H and O–H groups in total. The summed E-state index contributed by atoms with van der Waals surface area (Å²) in [6.45, 7) is 0. The quantitative estimate of drug-likeness (QED) is 0.633. The Morgan fingerprint density at radius 2 is 2.33 bits per heavy atom. The molecule has 94 valence electrons. The first kappa shape index (κ1) is 13.6. The van der Waals surface area contributed by atoms with E-state index in [2.05, 4.69) is 37.6 Å². The van der Waals surface area contributed by atoms with Crippen molar-refractivity contribution in [3.05, 3.63) is 37.9 Å². The summed E-state index contributed by atoms with van der Waals surface area (Å²) in [7, 11) is 1.34. The van der Waals surface area contributed by atoms with Crippen LogP contribution in [0.1, 0.15) is 9.67 Å². The second-order valence-corrected chi connectivity index (χ2v) is 5.95. The summed E-state index contributed by atoms with van der Waals surface area (Å²) in [5.74, 6) is -0.394. The Kier molecular flexibility index (Phi) is 4.41. The molecule has 2 rings (SSSR count). The van der Waals surface area contributed by atoms with Crippen molar-refractivity contribution in [2.45, 2.75) is 0 Å². The number of methoxy groups -OCH3 is 1. The largest absolute Gasteiger partial charge is 0.465 e. The van der Waals surface area contributed by atoms with Crippen LogP contribution in [0, 0.1) is 3.57 Å². The van der Waals surface area contributed by atoms with Gasteiger partial charge >= 0.3 is 5.97 Å². The molecule has 0 aliphatic carbocycles. The molecule has 1 aromatic carbocycles. The van der Waals surface area contributed by atoms with Crippen LogP contribution >= 0.6 is 45.5 Å². The second-order valence-electron chi connectivity index (χ2n) is 3.27. The second kappa shape index (κ2) is 5.85. The van der Waals surface area contributed by atoms with Crippen LogP contribution < -0.4 is 5.32 Å². The Bertz CT molecular complexity index is 588. The topological polar surface area (TPSA) is 51.2 Å². The summed E-state index contributed by atoms with van der Waals surface area (Å²) in [5, 5.41) is 4.27. The lowest BCUT2D eigenvalue weighted by molar-refractivity contribution is 0.0606. The average Bonchev–Trinajstić information content (AvgIpc) is 2.80. The summed E-state index contributed by atoms with van der Waals surface area (Å²) < 4.78 is 5.67. The molecular formula is C11H8ClIN2O2S. The van der Waals surface area contributed by atoms with Crippen molar-refractivity contribution in [1.82, 2.24) is 4.98 Å². The highest BCUT2D eigenvalue weighted by atomic mass is 127. The number of aromatic nitrogens is 1. The van der Waals surface area contributed by atoms with E-state index in [0.717, 1.165) is 9.26 Å². The maximum absolute atomic E-state index is 11.3. The molecule has 0 fully saturated rings. The van der Waals surface area contributed by atoms with Crippen molar-refractivity contribution < 1.29 is 9.53 Å². The van der Waals surface area contributed by atoms with E-state index in [9.17, 15) is 4.79 Å². The normalized spacial score (nSPS) is 10.2. The molecular weight excluding hydrogens is 387 g/mol. The third-order valence-electron chi connectivity index (χ3n) is 2.07. The molecule has 0 aliphatic rings. The van der Waals surface area contributed by atoms with Crippen LogP contribution in [-0.2, 0) is 4.74 Å². The van der Waals surface area contributed by atoms with E-state index in [4.69, 9.17) is 11.6 Å². The van der Waals surface area contributed by atoms with Gasteiger partial charge in [0.05, 0.1) is 24.0 Å². The Hall–Kier alpha value is -0.860. The first-order valence-corrected chi connectivity index (χ1v) is 7.13. The molecule has 1 aromatic heterocycles. The van der Waals surface area contributed by atoms with E-state index >= 15 is 0 Å². The fourth-order valence-electron chi connectivity index (χ4n) is 1.23. The molecule has 0 bridgehead atoms. The molecule has 4 nitrogen and oxygen atoms in total. The third kappa shape index (κ3) is 3.12. The molecule has 0 saturated carbocycles. The van der Waals surface area contributed by atoms with Gasteiger partial charge in [-0.25, -0.2) is 9.78 Å². The van der Waals surface area contributed by atoms with Gasteiger partial charge in [0.1, 0.15) is 4.88 Å². The number of nitrogens with zero attached hydrogens (tertiary/aromatic N) is 1. The van der Waals surface area contributed by atoms with Crippen molar-refractivity contribution in [3.63, 3.8) is 0 Å². The number of hydrogen-bond donors (Lipinski definition) is 1. The van der Waals surface area contributed by atoms with Crippen LogP contribution in [0.2, 0.25) is 5.02 Å². The number of carbonyl (C=O) groups is 1. The van der Waals surface area contributed by atoms with Crippen molar-refractivity contribution >= 4 is 62.3 Å². The number of anilines is 2. The zero-order valence-electron chi connectivity index (χ0n) is 9.24. The minimum Gasteiger partial charge on any atom is -0.465 e. The molecule has 0 aliphatic heterocycles.